The highest BCUT2D eigenvalue weighted by Gasteiger charge is 2.69. The number of fused-ring (bicyclic) bond motifs is 2. The highest BCUT2D eigenvalue weighted by molar-refractivity contribution is 14.1. The molecule has 2 aromatic carbocycles. The van der Waals surface area contributed by atoms with E-state index < -0.39 is 17.6 Å². The quantitative estimate of drug-likeness (QED) is 0.369. The van der Waals surface area contributed by atoms with Crippen molar-refractivity contribution in [1.29, 1.82) is 0 Å². The number of ether oxygens (including phenoxy) is 3. The molecule has 0 radical (unpaired) electrons. The second-order valence-electron chi connectivity index (χ2n) is 8.80. The van der Waals surface area contributed by atoms with E-state index in [0.29, 0.717) is 37.6 Å². The van der Waals surface area contributed by atoms with Crippen molar-refractivity contribution in [1.82, 2.24) is 4.90 Å². The topological polar surface area (TPSA) is 83.9 Å². The smallest absolute Gasteiger partial charge is 0.354 e. The molecule has 2 aromatic rings. The summed E-state index contributed by atoms with van der Waals surface area (Å²) >= 11 is 2.25. The standard InChI is InChI=1S/C26H29IN4O5/c1-4-21-23(24(32)36-5-2)28-31(19-10-12-20(34-3)13-11-19)26(21)25(33)30(18-8-6-17(27)7-9-18)22-16-35-15-14-29(22)26/h6-13,21-22H,4-5,14-16H2,1-3H3/t21-,22?,26?/m0/s1. The summed E-state index contributed by atoms with van der Waals surface area (Å²) in [6.45, 7) is 5.34. The molecule has 10 heteroatoms. The summed E-state index contributed by atoms with van der Waals surface area (Å²) < 4.78 is 17.7. The number of methoxy groups -OCH3 is 1. The molecule has 2 unspecified atom stereocenters. The Labute approximate surface area is 224 Å². The Kier molecular flexibility index (Phi) is 6.92. The number of hydrogen-bond donors (Lipinski definition) is 0. The van der Waals surface area contributed by atoms with Gasteiger partial charge in [-0.15, -0.1) is 0 Å². The predicted molar refractivity (Wildman–Crippen MR) is 144 cm³/mol. The lowest BCUT2D eigenvalue weighted by Gasteiger charge is -2.44. The van der Waals surface area contributed by atoms with Crippen LogP contribution in [0.25, 0.3) is 0 Å². The van der Waals surface area contributed by atoms with Gasteiger partial charge < -0.3 is 14.2 Å². The zero-order chi connectivity index (χ0) is 25.4. The van der Waals surface area contributed by atoms with Gasteiger partial charge in [0.05, 0.1) is 38.5 Å². The Morgan fingerprint density at radius 3 is 2.47 bits per heavy atom. The Morgan fingerprint density at radius 2 is 1.83 bits per heavy atom. The maximum atomic E-state index is 14.7. The van der Waals surface area contributed by atoms with E-state index in [1.54, 1.807) is 23.9 Å². The molecule has 0 bridgehead atoms. The van der Waals surface area contributed by atoms with Crippen molar-refractivity contribution < 1.29 is 23.8 Å². The lowest BCUT2D eigenvalue weighted by molar-refractivity contribution is -0.135. The molecule has 3 aliphatic rings. The van der Waals surface area contributed by atoms with Gasteiger partial charge in [-0.05, 0) is 84.5 Å². The molecule has 0 aliphatic carbocycles. The molecule has 5 rings (SSSR count). The molecule has 0 aromatic heterocycles. The molecule has 190 valence electrons. The summed E-state index contributed by atoms with van der Waals surface area (Å²) in [6, 6.07) is 15.2. The van der Waals surface area contributed by atoms with Gasteiger partial charge >= 0.3 is 5.97 Å². The molecule has 3 aliphatic heterocycles. The minimum absolute atomic E-state index is 0.134. The highest BCUT2D eigenvalue weighted by atomic mass is 127. The molecule has 2 saturated heterocycles. The average Bonchev–Trinajstić information content (AvgIpc) is 3.38. The van der Waals surface area contributed by atoms with Crippen LogP contribution in [0.5, 0.6) is 5.75 Å². The van der Waals surface area contributed by atoms with E-state index in [4.69, 9.17) is 19.3 Å². The van der Waals surface area contributed by atoms with Crippen LogP contribution >= 0.6 is 22.6 Å². The molecule has 2 fully saturated rings. The summed E-state index contributed by atoms with van der Waals surface area (Å²) in [6.07, 6.45) is 0.193. The van der Waals surface area contributed by atoms with Gasteiger partial charge in [0.15, 0.2) is 5.71 Å². The van der Waals surface area contributed by atoms with E-state index in [1.165, 1.54) is 0 Å². The first kappa shape index (κ1) is 25.0. The normalized spacial score (nSPS) is 25.8. The number of esters is 1. The number of amides is 1. The summed E-state index contributed by atoms with van der Waals surface area (Å²) in [4.78, 5) is 31.8. The third-order valence-corrected chi connectivity index (χ3v) is 7.75. The molecule has 3 heterocycles. The molecule has 3 atom stereocenters. The molecular weight excluding hydrogens is 575 g/mol. The fourth-order valence-corrected chi connectivity index (χ4v) is 5.89. The number of rotatable bonds is 6. The first-order valence-electron chi connectivity index (χ1n) is 12.1. The highest BCUT2D eigenvalue weighted by Crippen LogP contribution is 2.49. The van der Waals surface area contributed by atoms with Gasteiger partial charge in [-0.3, -0.25) is 9.69 Å². The number of anilines is 2. The van der Waals surface area contributed by atoms with Crippen molar-refractivity contribution >= 4 is 51.6 Å². The third-order valence-electron chi connectivity index (χ3n) is 7.03. The van der Waals surface area contributed by atoms with Gasteiger partial charge in [0, 0.05) is 15.8 Å². The summed E-state index contributed by atoms with van der Waals surface area (Å²) in [5, 5.41) is 6.53. The molecule has 0 saturated carbocycles. The molecule has 9 nitrogen and oxygen atoms in total. The van der Waals surface area contributed by atoms with Gasteiger partial charge in [0.1, 0.15) is 11.9 Å². The van der Waals surface area contributed by atoms with Crippen LogP contribution in [-0.2, 0) is 19.1 Å². The fraction of sp³-hybridized carbons (Fsp3) is 0.423. The Balaban J connectivity index is 1.70. The van der Waals surface area contributed by atoms with Crippen LogP contribution < -0.4 is 14.6 Å². The number of morpholine rings is 1. The monoisotopic (exact) mass is 604 g/mol. The van der Waals surface area contributed by atoms with E-state index in [2.05, 4.69) is 27.5 Å². The van der Waals surface area contributed by atoms with Crippen LogP contribution in [0.2, 0.25) is 0 Å². The summed E-state index contributed by atoms with van der Waals surface area (Å²) in [7, 11) is 1.61. The van der Waals surface area contributed by atoms with Gasteiger partial charge in [-0.25, -0.2) is 14.7 Å². The Morgan fingerprint density at radius 1 is 1.14 bits per heavy atom. The van der Waals surface area contributed by atoms with Crippen molar-refractivity contribution in [2.75, 3.05) is 43.4 Å². The minimum atomic E-state index is -1.23. The van der Waals surface area contributed by atoms with Gasteiger partial charge in [-0.2, -0.15) is 5.10 Å². The Bertz CT molecular complexity index is 1170. The van der Waals surface area contributed by atoms with Crippen LogP contribution in [-0.4, -0.2) is 67.8 Å². The van der Waals surface area contributed by atoms with Gasteiger partial charge in [0.2, 0.25) is 5.66 Å². The van der Waals surface area contributed by atoms with Gasteiger partial charge in [-0.1, -0.05) is 6.92 Å². The minimum Gasteiger partial charge on any atom is -0.497 e. The predicted octanol–water partition coefficient (Wildman–Crippen LogP) is 3.47. The second-order valence-corrected chi connectivity index (χ2v) is 10.0. The second kappa shape index (κ2) is 9.98. The van der Waals surface area contributed by atoms with Gasteiger partial charge in [0.25, 0.3) is 5.91 Å². The van der Waals surface area contributed by atoms with Crippen LogP contribution in [0.4, 0.5) is 11.4 Å². The van der Waals surface area contributed by atoms with Crippen molar-refractivity contribution in [3.63, 3.8) is 0 Å². The third kappa shape index (κ3) is 3.77. The molecular formula is C26H29IN4O5. The first-order chi connectivity index (χ1) is 17.5. The number of benzene rings is 2. The lowest BCUT2D eigenvalue weighted by atomic mass is 9.84. The molecule has 1 amide bonds. The van der Waals surface area contributed by atoms with Crippen LogP contribution in [0.1, 0.15) is 20.3 Å². The Hall–Kier alpha value is -2.70. The van der Waals surface area contributed by atoms with Crippen LogP contribution in [0.15, 0.2) is 53.6 Å². The maximum absolute atomic E-state index is 14.7. The SMILES string of the molecule is CCOC(=O)C1=NN(c2ccc(OC)cc2)C2(C(=O)N(c3ccc(I)cc3)C3COCCN32)[C@H]1CC. The number of hydrazone groups is 1. The summed E-state index contributed by atoms with van der Waals surface area (Å²) in [5.41, 5.74) is 0.504. The van der Waals surface area contributed by atoms with Crippen molar-refractivity contribution in [3.8, 4) is 5.75 Å². The molecule has 1 spiro atoms. The van der Waals surface area contributed by atoms with E-state index in [0.717, 1.165) is 9.26 Å². The van der Waals surface area contributed by atoms with Crippen molar-refractivity contribution in [2.45, 2.75) is 32.1 Å². The van der Waals surface area contributed by atoms with E-state index >= 15 is 0 Å². The maximum Gasteiger partial charge on any atom is 0.354 e. The van der Waals surface area contributed by atoms with Crippen LogP contribution in [0, 0.1) is 9.49 Å². The zero-order valence-electron chi connectivity index (χ0n) is 20.5. The number of halogens is 1. The van der Waals surface area contributed by atoms with Crippen molar-refractivity contribution in [2.24, 2.45) is 11.0 Å². The lowest BCUT2D eigenvalue weighted by Crippen LogP contribution is -2.65. The van der Waals surface area contributed by atoms with E-state index in [9.17, 15) is 9.59 Å². The number of carbonyl (C=O) groups is 2. The van der Waals surface area contributed by atoms with Crippen LogP contribution in [0.3, 0.4) is 0 Å². The number of nitrogens with zero attached hydrogens (tertiary/aromatic N) is 4. The largest absolute Gasteiger partial charge is 0.497 e. The molecule has 0 N–H and O–H groups in total. The first-order valence-corrected chi connectivity index (χ1v) is 13.2. The number of hydrogen-bond acceptors (Lipinski definition) is 8. The average molecular weight is 604 g/mol. The van der Waals surface area contributed by atoms with E-state index in [1.807, 2.05) is 55.5 Å². The zero-order valence-corrected chi connectivity index (χ0v) is 22.7. The van der Waals surface area contributed by atoms with Crippen molar-refractivity contribution in [3.05, 3.63) is 52.1 Å². The molecule has 36 heavy (non-hydrogen) atoms. The van der Waals surface area contributed by atoms with E-state index in [-0.39, 0.29) is 24.4 Å². The summed E-state index contributed by atoms with van der Waals surface area (Å²) in [5.74, 6) is -0.438. The fourth-order valence-electron chi connectivity index (χ4n) is 5.53. The number of carbonyl (C=O) groups excluding carboxylic acids is 2.